The summed E-state index contributed by atoms with van der Waals surface area (Å²) >= 11 is 0. The monoisotopic (exact) mass is 346 g/mol. The zero-order valence-corrected chi connectivity index (χ0v) is 14.4. The standard InChI is InChI=1S/C18H22N2O5/c1-12(21)20-7-5-13-9-14(3-4-15(13)20)16(22)19-8-6-18(10-19,11-25-2)17(23)24/h3-4,9H,5-8,10-11H2,1-2H3,(H,23,24). The van der Waals surface area contributed by atoms with Crippen LogP contribution in [0, 0.1) is 5.41 Å². The topological polar surface area (TPSA) is 87.2 Å². The Bertz CT molecular complexity index is 732. The van der Waals surface area contributed by atoms with Crippen molar-refractivity contribution in [1.29, 1.82) is 0 Å². The molecule has 0 aromatic heterocycles. The molecule has 2 amide bonds. The van der Waals surface area contributed by atoms with E-state index in [2.05, 4.69) is 0 Å². The van der Waals surface area contributed by atoms with Gasteiger partial charge in [-0.15, -0.1) is 0 Å². The molecule has 1 unspecified atom stereocenters. The summed E-state index contributed by atoms with van der Waals surface area (Å²) < 4.78 is 5.06. The third-order valence-corrected chi connectivity index (χ3v) is 5.12. The van der Waals surface area contributed by atoms with Crippen molar-refractivity contribution in [3.8, 4) is 0 Å². The zero-order chi connectivity index (χ0) is 18.2. The van der Waals surface area contributed by atoms with Crippen LogP contribution in [0.25, 0.3) is 0 Å². The van der Waals surface area contributed by atoms with Crippen LogP contribution >= 0.6 is 0 Å². The van der Waals surface area contributed by atoms with E-state index in [9.17, 15) is 19.5 Å². The molecule has 2 aliphatic rings. The molecule has 1 N–H and O–H groups in total. The van der Waals surface area contributed by atoms with Gasteiger partial charge in [0.1, 0.15) is 5.41 Å². The van der Waals surface area contributed by atoms with Gasteiger partial charge in [-0.2, -0.15) is 0 Å². The van der Waals surface area contributed by atoms with Gasteiger partial charge in [-0.1, -0.05) is 0 Å². The van der Waals surface area contributed by atoms with Crippen LogP contribution in [0.3, 0.4) is 0 Å². The Balaban J connectivity index is 1.79. The fourth-order valence-corrected chi connectivity index (χ4v) is 3.72. The van der Waals surface area contributed by atoms with Crippen molar-refractivity contribution in [2.45, 2.75) is 19.8 Å². The van der Waals surface area contributed by atoms with Crippen molar-refractivity contribution in [2.24, 2.45) is 5.41 Å². The number of ether oxygens (including phenoxy) is 1. The van der Waals surface area contributed by atoms with Crippen LogP contribution in [-0.4, -0.2) is 61.1 Å². The molecule has 0 aliphatic carbocycles. The van der Waals surface area contributed by atoms with Crippen LogP contribution in [0.1, 0.15) is 29.3 Å². The normalized spacial score (nSPS) is 22.2. The van der Waals surface area contributed by atoms with Gasteiger partial charge in [0.15, 0.2) is 0 Å². The van der Waals surface area contributed by atoms with E-state index in [1.807, 2.05) is 6.07 Å². The maximum absolute atomic E-state index is 12.8. The highest BCUT2D eigenvalue weighted by atomic mass is 16.5. The first-order valence-corrected chi connectivity index (χ1v) is 8.30. The third kappa shape index (κ3) is 3.00. The van der Waals surface area contributed by atoms with Crippen molar-refractivity contribution in [3.63, 3.8) is 0 Å². The minimum Gasteiger partial charge on any atom is -0.481 e. The number of benzene rings is 1. The van der Waals surface area contributed by atoms with Gasteiger partial charge in [-0.3, -0.25) is 14.4 Å². The summed E-state index contributed by atoms with van der Waals surface area (Å²) in [5, 5.41) is 9.52. The van der Waals surface area contributed by atoms with Crippen molar-refractivity contribution in [2.75, 3.05) is 38.3 Å². The van der Waals surface area contributed by atoms with Crippen LogP contribution in [0.5, 0.6) is 0 Å². The molecule has 134 valence electrons. The van der Waals surface area contributed by atoms with Gasteiger partial charge in [-0.05, 0) is 36.6 Å². The van der Waals surface area contributed by atoms with E-state index in [4.69, 9.17) is 4.74 Å². The zero-order valence-electron chi connectivity index (χ0n) is 14.4. The van der Waals surface area contributed by atoms with E-state index in [1.54, 1.807) is 21.9 Å². The number of hydrogen-bond acceptors (Lipinski definition) is 4. The summed E-state index contributed by atoms with van der Waals surface area (Å²) in [5.74, 6) is -1.12. The molecule has 25 heavy (non-hydrogen) atoms. The fourth-order valence-electron chi connectivity index (χ4n) is 3.72. The summed E-state index contributed by atoms with van der Waals surface area (Å²) in [6.45, 7) is 2.78. The minimum atomic E-state index is -1.04. The largest absolute Gasteiger partial charge is 0.481 e. The van der Waals surface area contributed by atoms with E-state index in [0.29, 0.717) is 25.1 Å². The first kappa shape index (κ1) is 17.4. The summed E-state index contributed by atoms with van der Waals surface area (Å²) in [5.41, 5.74) is 1.32. The highest BCUT2D eigenvalue weighted by Crippen LogP contribution is 2.33. The number of rotatable bonds is 4. The molecule has 1 atom stereocenters. The number of carbonyl (C=O) groups is 3. The second-order valence-corrected chi connectivity index (χ2v) is 6.76. The predicted molar refractivity (Wildman–Crippen MR) is 90.6 cm³/mol. The minimum absolute atomic E-state index is 0.0109. The molecule has 7 nitrogen and oxygen atoms in total. The number of carboxylic acids is 1. The maximum atomic E-state index is 12.8. The quantitative estimate of drug-likeness (QED) is 0.884. The van der Waals surface area contributed by atoms with Crippen LogP contribution < -0.4 is 4.90 Å². The first-order chi connectivity index (χ1) is 11.9. The average molecular weight is 346 g/mol. The molecule has 1 aromatic rings. The Hall–Kier alpha value is -2.41. The number of fused-ring (bicyclic) bond motifs is 1. The van der Waals surface area contributed by atoms with Crippen LogP contribution in [0.2, 0.25) is 0 Å². The molecule has 1 fully saturated rings. The number of methoxy groups -OCH3 is 1. The van der Waals surface area contributed by atoms with E-state index < -0.39 is 11.4 Å². The van der Waals surface area contributed by atoms with E-state index in [-0.39, 0.29) is 25.0 Å². The highest BCUT2D eigenvalue weighted by molar-refractivity contribution is 5.98. The molecule has 0 radical (unpaired) electrons. The summed E-state index contributed by atoms with van der Waals surface area (Å²) in [7, 11) is 1.47. The Labute approximate surface area is 146 Å². The molecule has 0 bridgehead atoms. The number of hydrogen-bond donors (Lipinski definition) is 1. The number of aliphatic carboxylic acids is 1. The molecular weight excluding hydrogens is 324 g/mol. The molecule has 3 rings (SSSR count). The highest BCUT2D eigenvalue weighted by Gasteiger charge is 2.46. The molecule has 0 spiro atoms. The Morgan fingerprint density at radius 3 is 2.68 bits per heavy atom. The first-order valence-electron chi connectivity index (χ1n) is 8.30. The lowest BCUT2D eigenvalue weighted by Gasteiger charge is -2.24. The number of carbonyl (C=O) groups excluding carboxylic acids is 2. The van der Waals surface area contributed by atoms with Gasteiger partial charge < -0.3 is 19.6 Å². The number of anilines is 1. The number of likely N-dealkylation sites (tertiary alicyclic amines) is 1. The van der Waals surface area contributed by atoms with Gasteiger partial charge >= 0.3 is 5.97 Å². The lowest BCUT2D eigenvalue weighted by atomic mass is 9.88. The van der Waals surface area contributed by atoms with Gasteiger partial charge in [0.25, 0.3) is 5.91 Å². The predicted octanol–water partition coefficient (Wildman–Crippen LogP) is 1.16. The van der Waals surface area contributed by atoms with Crippen LogP contribution in [0.15, 0.2) is 18.2 Å². The summed E-state index contributed by atoms with van der Waals surface area (Å²) in [6, 6.07) is 5.32. The van der Waals surface area contributed by atoms with E-state index in [0.717, 1.165) is 17.7 Å². The number of carboxylic acid groups (broad SMARTS) is 1. The Morgan fingerprint density at radius 1 is 1.28 bits per heavy atom. The molecule has 2 aliphatic heterocycles. The summed E-state index contributed by atoms with van der Waals surface area (Å²) in [6.07, 6.45) is 1.10. The van der Waals surface area contributed by atoms with E-state index in [1.165, 1.54) is 14.0 Å². The van der Waals surface area contributed by atoms with Gasteiger partial charge in [0.05, 0.1) is 6.61 Å². The number of nitrogens with zero attached hydrogens (tertiary/aromatic N) is 2. The maximum Gasteiger partial charge on any atom is 0.313 e. The third-order valence-electron chi connectivity index (χ3n) is 5.12. The molecule has 1 aromatic carbocycles. The van der Waals surface area contributed by atoms with Gasteiger partial charge in [-0.25, -0.2) is 0 Å². The molecule has 1 saturated heterocycles. The molecule has 0 saturated carbocycles. The second kappa shape index (κ2) is 6.48. The van der Waals surface area contributed by atoms with Crippen molar-refractivity contribution < 1.29 is 24.2 Å². The summed E-state index contributed by atoms with van der Waals surface area (Å²) in [4.78, 5) is 39.3. The van der Waals surface area contributed by atoms with E-state index >= 15 is 0 Å². The molecular formula is C18H22N2O5. The van der Waals surface area contributed by atoms with Crippen LogP contribution in [-0.2, 0) is 20.7 Å². The average Bonchev–Trinajstić information content (AvgIpc) is 3.18. The SMILES string of the molecule is COCC1(C(=O)O)CCN(C(=O)c2ccc3c(c2)CCN3C(C)=O)C1. The lowest BCUT2D eigenvalue weighted by Crippen LogP contribution is -2.40. The van der Waals surface area contributed by atoms with Crippen molar-refractivity contribution in [3.05, 3.63) is 29.3 Å². The van der Waals surface area contributed by atoms with Crippen molar-refractivity contribution in [1.82, 2.24) is 4.90 Å². The number of amides is 2. The van der Waals surface area contributed by atoms with Crippen LogP contribution in [0.4, 0.5) is 5.69 Å². The second-order valence-electron chi connectivity index (χ2n) is 6.76. The lowest BCUT2D eigenvalue weighted by molar-refractivity contribution is -0.151. The fraction of sp³-hybridized carbons (Fsp3) is 0.500. The van der Waals surface area contributed by atoms with Gasteiger partial charge in [0, 0.05) is 44.9 Å². The van der Waals surface area contributed by atoms with Gasteiger partial charge in [0.2, 0.25) is 5.91 Å². The molecule has 2 heterocycles. The molecule has 7 heteroatoms. The smallest absolute Gasteiger partial charge is 0.313 e. The Morgan fingerprint density at radius 2 is 2.04 bits per heavy atom. The van der Waals surface area contributed by atoms with Crippen molar-refractivity contribution >= 4 is 23.5 Å². The Kier molecular flexibility index (Phi) is 4.51.